The topological polar surface area (TPSA) is 99.0 Å². The molecule has 1 aliphatic rings. The fourth-order valence-electron chi connectivity index (χ4n) is 2.74. The van der Waals surface area contributed by atoms with Gasteiger partial charge in [-0.2, -0.15) is 4.98 Å². The lowest BCUT2D eigenvalue weighted by atomic mass is 10.0. The average Bonchev–Trinajstić information content (AvgIpc) is 3.24. The highest BCUT2D eigenvalue weighted by atomic mass is 16.7. The van der Waals surface area contributed by atoms with Crippen molar-refractivity contribution in [3.05, 3.63) is 35.5 Å². The van der Waals surface area contributed by atoms with Gasteiger partial charge in [-0.25, -0.2) is 0 Å². The number of benzene rings is 1. The monoisotopic (exact) mass is 362 g/mol. The zero-order valence-electron chi connectivity index (χ0n) is 15.0. The van der Waals surface area contributed by atoms with Crippen molar-refractivity contribution in [2.24, 2.45) is 0 Å². The van der Waals surface area contributed by atoms with Crippen LogP contribution in [0.1, 0.15) is 23.3 Å². The molecule has 1 aromatic carbocycles. The number of methoxy groups -OCH3 is 1. The second-order valence-corrected chi connectivity index (χ2v) is 6.06. The molecule has 0 aliphatic carbocycles. The molecule has 9 heteroatoms. The van der Waals surface area contributed by atoms with E-state index in [2.05, 4.69) is 15.5 Å². The minimum atomic E-state index is -0.448. The third kappa shape index (κ3) is 4.12. The number of nitrogens with zero attached hydrogens (tertiary/aromatic N) is 3. The molecule has 0 radical (unpaired) electrons. The van der Waals surface area contributed by atoms with Gasteiger partial charge in [0.25, 0.3) is 0 Å². The molecule has 1 atom stereocenters. The number of carbonyl (C=O) groups is 1. The lowest BCUT2D eigenvalue weighted by molar-refractivity contribution is -0.125. The minimum Gasteiger partial charge on any atom is -0.454 e. The Bertz CT molecular complexity index is 761. The number of rotatable bonds is 8. The van der Waals surface area contributed by atoms with Gasteiger partial charge in [-0.05, 0) is 31.8 Å². The van der Waals surface area contributed by atoms with Gasteiger partial charge in [-0.3, -0.25) is 9.69 Å². The summed E-state index contributed by atoms with van der Waals surface area (Å²) < 4.78 is 20.8. The summed E-state index contributed by atoms with van der Waals surface area (Å²) in [4.78, 5) is 18.7. The molecule has 1 N–H and O–H groups in total. The predicted molar refractivity (Wildman–Crippen MR) is 90.7 cm³/mol. The van der Waals surface area contributed by atoms with Crippen LogP contribution < -0.4 is 14.8 Å². The Kier molecular flexibility index (Phi) is 5.69. The van der Waals surface area contributed by atoms with E-state index in [0.29, 0.717) is 42.8 Å². The summed E-state index contributed by atoms with van der Waals surface area (Å²) in [6.07, 6.45) is 0.448. The molecule has 140 valence electrons. The standard InChI is InChI=1S/C17H22N4O5/c1-21(2)16(11-4-5-12-13(8-11)25-10-24-12)17(22)18-7-6-15-19-14(9-23-3)20-26-15/h4-5,8,16H,6-7,9-10H2,1-3H3,(H,18,22)/t16-/m1/s1. The van der Waals surface area contributed by atoms with Crippen LogP contribution >= 0.6 is 0 Å². The number of hydrogen-bond acceptors (Lipinski definition) is 8. The van der Waals surface area contributed by atoms with Crippen LogP contribution in [0, 0.1) is 0 Å². The van der Waals surface area contributed by atoms with Gasteiger partial charge in [-0.1, -0.05) is 11.2 Å². The molecular formula is C17H22N4O5. The Morgan fingerprint density at radius 2 is 2.15 bits per heavy atom. The van der Waals surface area contributed by atoms with Crippen LogP contribution in [0.3, 0.4) is 0 Å². The average molecular weight is 362 g/mol. The molecule has 1 aliphatic heterocycles. The molecule has 0 spiro atoms. The molecule has 26 heavy (non-hydrogen) atoms. The molecular weight excluding hydrogens is 340 g/mol. The summed E-state index contributed by atoms with van der Waals surface area (Å²) in [7, 11) is 5.27. The highest BCUT2D eigenvalue weighted by Crippen LogP contribution is 2.35. The fraction of sp³-hybridized carbons (Fsp3) is 0.471. The van der Waals surface area contributed by atoms with Crippen molar-refractivity contribution in [1.29, 1.82) is 0 Å². The molecule has 2 heterocycles. The second-order valence-electron chi connectivity index (χ2n) is 6.06. The Morgan fingerprint density at radius 1 is 1.35 bits per heavy atom. The lowest BCUT2D eigenvalue weighted by Gasteiger charge is -2.24. The number of hydrogen-bond donors (Lipinski definition) is 1. The van der Waals surface area contributed by atoms with E-state index < -0.39 is 6.04 Å². The number of fused-ring (bicyclic) bond motifs is 1. The SMILES string of the molecule is COCc1noc(CCNC(=O)[C@@H](c2ccc3c(c2)OCO3)N(C)C)n1. The van der Waals surface area contributed by atoms with E-state index in [1.54, 1.807) is 7.11 Å². The third-order valence-corrected chi connectivity index (χ3v) is 3.90. The van der Waals surface area contributed by atoms with Crippen LogP contribution in [-0.2, 0) is 22.6 Å². The van der Waals surface area contributed by atoms with Gasteiger partial charge in [0.2, 0.25) is 18.6 Å². The number of carbonyl (C=O) groups excluding carboxylic acids is 1. The van der Waals surface area contributed by atoms with E-state index in [4.69, 9.17) is 18.7 Å². The van der Waals surface area contributed by atoms with E-state index >= 15 is 0 Å². The lowest BCUT2D eigenvalue weighted by Crippen LogP contribution is -2.37. The predicted octanol–water partition coefficient (Wildman–Crippen LogP) is 0.906. The zero-order chi connectivity index (χ0) is 18.5. The van der Waals surface area contributed by atoms with Gasteiger partial charge in [0.05, 0.1) is 0 Å². The van der Waals surface area contributed by atoms with Crippen LogP contribution in [0.25, 0.3) is 0 Å². The maximum Gasteiger partial charge on any atom is 0.241 e. The molecule has 9 nitrogen and oxygen atoms in total. The normalized spacial score (nSPS) is 13.8. The first-order chi connectivity index (χ1) is 12.6. The highest BCUT2D eigenvalue weighted by Gasteiger charge is 2.25. The van der Waals surface area contributed by atoms with Gasteiger partial charge in [0, 0.05) is 20.1 Å². The molecule has 0 bridgehead atoms. The Balaban J connectivity index is 1.60. The summed E-state index contributed by atoms with van der Waals surface area (Å²) in [5.74, 6) is 2.17. The molecule has 1 amide bonds. The molecule has 0 saturated heterocycles. The number of aromatic nitrogens is 2. The van der Waals surface area contributed by atoms with Crippen LogP contribution in [0.2, 0.25) is 0 Å². The smallest absolute Gasteiger partial charge is 0.241 e. The summed E-state index contributed by atoms with van der Waals surface area (Å²) in [6.45, 7) is 0.887. The van der Waals surface area contributed by atoms with Gasteiger partial charge in [-0.15, -0.1) is 0 Å². The Morgan fingerprint density at radius 3 is 2.92 bits per heavy atom. The quantitative estimate of drug-likeness (QED) is 0.740. The first kappa shape index (κ1) is 18.2. The molecule has 0 saturated carbocycles. The maximum atomic E-state index is 12.7. The van der Waals surface area contributed by atoms with Crippen molar-refractivity contribution in [3.63, 3.8) is 0 Å². The first-order valence-electron chi connectivity index (χ1n) is 8.22. The van der Waals surface area contributed by atoms with Crippen LogP contribution in [-0.4, -0.2) is 55.5 Å². The minimum absolute atomic E-state index is 0.120. The highest BCUT2D eigenvalue weighted by molar-refractivity contribution is 5.83. The van der Waals surface area contributed by atoms with Crippen LogP contribution in [0.4, 0.5) is 0 Å². The van der Waals surface area contributed by atoms with Crippen molar-refractivity contribution in [2.75, 3.05) is 34.5 Å². The van der Waals surface area contributed by atoms with E-state index in [-0.39, 0.29) is 12.7 Å². The number of likely N-dealkylation sites (N-methyl/N-ethyl adjacent to an activating group) is 1. The molecule has 1 aromatic heterocycles. The third-order valence-electron chi connectivity index (χ3n) is 3.90. The number of ether oxygens (including phenoxy) is 3. The van der Waals surface area contributed by atoms with Crippen LogP contribution in [0.5, 0.6) is 11.5 Å². The largest absolute Gasteiger partial charge is 0.454 e. The molecule has 0 fully saturated rings. The van der Waals surface area contributed by atoms with Crippen molar-refractivity contribution < 1.29 is 23.5 Å². The summed E-state index contributed by atoms with van der Waals surface area (Å²) in [6, 6.07) is 5.07. The van der Waals surface area contributed by atoms with Gasteiger partial charge in [0.1, 0.15) is 12.6 Å². The van der Waals surface area contributed by atoms with Gasteiger partial charge < -0.3 is 24.1 Å². The molecule has 3 rings (SSSR count). The Hall–Kier alpha value is -2.65. The second kappa shape index (κ2) is 8.15. The van der Waals surface area contributed by atoms with Crippen LogP contribution in [0.15, 0.2) is 22.7 Å². The maximum absolute atomic E-state index is 12.7. The summed E-state index contributed by atoms with van der Waals surface area (Å²) in [5.41, 5.74) is 0.830. The van der Waals surface area contributed by atoms with E-state index in [1.807, 2.05) is 37.2 Å². The van der Waals surface area contributed by atoms with Gasteiger partial charge >= 0.3 is 0 Å². The molecule has 2 aromatic rings. The molecule has 0 unspecified atom stereocenters. The zero-order valence-corrected chi connectivity index (χ0v) is 15.0. The van der Waals surface area contributed by atoms with Crippen molar-refractivity contribution in [2.45, 2.75) is 19.1 Å². The first-order valence-corrected chi connectivity index (χ1v) is 8.22. The van der Waals surface area contributed by atoms with E-state index in [9.17, 15) is 4.79 Å². The number of nitrogens with one attached hydrogen (secondary N) is 1. The summed E-state index contributed by atoms with van der Waals surface area (Å²) in [5, 5.41) is 6.70. The van der Waals surface area contributed by atoms with Crippen molar-refractivity contribution in [1.82, 2.24) is 20.4 Å². The fourth-order valence-corrected chi connectivity index (χ4v) is 2.74. The Labute approximate surface area is 151 Å². The van der Waals surface area contributed by atoms with Crippen molar-refractivity contribution >= 4 is 5.91 Å². The van der Waals surface area contributed by atoms with E-state index in [1.165, 1.54) is 0 Å². The van der Waals surface area contributed by atoms with Gasteiger partial charge in [0.15, 0.2) is 17.3 Å². The number of amides is 1. The van der Waals surface area contributed by atoms with Crippen molar-refractivity contribution in [3.8, 4) is 11.5 Å². The van der Waals surface area contributed by atoms with E-state index in [0.717, 1.165) is 5.56 Å². The summed E-state index contributed by atoms with van der Waals surface area (Å²) >= 11 is 0.